The van der Waals surface area contributed by atoms with Crippen LogP contribution in [0.15, 0.2) is 84.7 Å². The summed E-state index contributed by atoms with van der Waals surface area (Å²) < 4.78 is 25.9. The summed E-state index contributed by atoms with van der Waals surface area (Å²) in [5.41, 5.74) is -0.122. The van der Waals surface area contributed by atoms with Gasteiger partial charge in [-0.25, -0.2) is 0 Å². The number of carbonyl (C=O) groups excluding carboxylic acids is 1. The highest BCUT2D eigenvalue weighted by Crippen LogP contribution is 2.70. The summed E-state index contributed by atoms with van der Waals surface area (Å²) in [6, 6.07) is 21.5. The number of ether oxygens (including phenoxy) is 3. The molecule has 1 heterocycles. The summed E-state index contributed by atoms with van der Waals surface area (Å²) in [6.45, 7) is 15.0. The first-order chi connectivity index (χ1) is 21.0. The van der Waals surface area contributed by atoms with Gasteiger partial charge in [-0.2, -0.15) is 0 Å². The molecule has 0 amide bonds. The molecule has 5 nitrogen and oxygen atoms in total. The third-order valence-electron chi connectivity index (χ3n) is 11.6. The molecule has 2 aromatic carbocycles. The van der Waals surface area contributed by atoms with Crippen molar-refractivity contribution in [2.24, 2.45) is 22.2 Å². The Bertz CT molecular complexity index is 1370. The normalized spacial score (nSPS) is 31.4. The zero-order valence-corrected chi connectivity index (χ0v) is 28.5. The molecule has 0 aromatic heterocycles. The lowest BCUT2D eigenvalue weighted by Gasteiger charge is -2.57. The van der Waals surface area contributed by atoms with Gasteiger partial charge >= 0.3 is 14.3 Å². The van der Waals surface area contributed by atoms with Gasteiger partial charge in [0.15, 0.2) is 5.79 Å². The van der Waals surface area contributed by atoms with Crippen LogP contribution in [0.1, 0.15) is 80.1 Å². The molecule has 6 heteroatoms. The van der Waals surface area contributed by atoms with Crippen molar-refractivity contribution in [2.45, 2.75) is 90.9 Å². The standard InChI is InChI=1S/C38H50O5Si/c1-7-40-33(39)37-22-14-21-35(5,31(37)19-23-36(6)32(37)20-24-38(36)41-27-28-42-38)25-26-43-44(34(2,3)4,29-15-10-8-11-16-29)30-17-12-9-13-18-30/h8-13,15-19,25-26,32H,7,14,20-24,27-28H2,1-6H3/b26-25+/t32-,35+,36+,37+/m1/s1. The van der Waals surface area contributed by atoms with Crippen LogP contribution in [0.5, 0.6) is 0 Å². The van der Waals surface area contributed by atoms with Gasteiger partial charge in [-0.15, -0.1) is 0 Å². The number of esters is 1. The van der Waals surface area contributed by atoms with E-state index in [0.29, 0.717) is 19.8 Å². The first-order valence-corrected chi connectivity index (χ1v) is 18.5. The van der Waals surface area contributed by atoms with Crippen molar-refractivity contribution in [2.75, 3.05) is 19.8 Å². The molecule has 2 saturated carbocycles. The Labute approximate surface area is 265 Å². The summed E-state index contributed by atoms with van der Waals surface area (Å²) in [6.07, 6.45) is 11.9. The highest BCUT2D eigenvalue weighted by molar-refractivity contribution is 6.99. The number of rotatable bonds is 7. The molecule has 1 saturated heterocycles. The van der Waals surface area contributed by atoms with Gasteiger partial charge in [0, 0.05) is 17.3 Å². The van der Waals surface area contributed by atoms with Crippen LogP contribution in [-0.4, -0.2) is 39.9 Å². The van der Waals surface area contributed by atoms with Crippen molar-refractivity contribution in [3.8, 4) is 0 Å². The third-order valence-corrected chi connectivity index (χ3v) is 16.5. The molecule has 236 valence electrons. The number of benzene rings is 2. The van der Waals surface area contributed by atoms with Gasteiger partial charge in [-0.05, 0) is 65.6 Å². The fourth-order valence-corrected chi connectivity index (χ4v) is 13.9. The van der Waals surface area contributed by atoms with Crippen molar-refractivity contribution in [1.29, 1.82) is 0 Å². The van der Waals surface area contributed by atoms with E-state index in [0.717, 1.165) is 38.5 Å². The van der Waals surface area contributed by atoms with E-state index in [1.165, 1.54) is 15.9 Å². The molecule has 0 bridgehead atoms. The fourth-order valence-electron chi connectivity index (χ4n) is 9.59. The van der Waals surface area contributed by atoms with Crippen LogP contribution in [0.25, 0.3) is 0 Å². The zero-order valence-electron chi connectivity index (χ0n) is 27.5. The number of fused-ring (bicyclic) bond motifs is 4. The Morgan fingerprint density at radius 1 is 0.955 bits per heavy atom. The van der Waals surface area contributed by atoms with E-state index in [-0.39, 0.29) is 27.8 Å². The van der Waals surface area contributed by atoms with E-state index in [4.69, 9.17) is 18.6 Å². The lowest BCUT2D eigenvalue weighted by molar-refractivity contribution is -0.235. The van der Waals surface area contributed by atoms with Crippen LogP contribution in [0.3, 0.4) is 0 Å². The summed E-state index contributed by atoms with van der Waals surface area (Å²) in [5, 5.41) is 2.37. The molecule has 3 aliphatic carbocycles. The van der Waals surface area contributed by atoms with E-state index < -0.39 is 19.5 Å². The van der Waals surface area contributed by atoms with Crippen molar-refractivity contribution in [3.05, 3.63) is 84.7 Å². The predicted octanol–water partition coefficient (Wildman–Crippen LogP) is 7.31. The average Bonchev–Trinajstić information content (AvgIpc) is 3.61. The van der Waals surface area contributed by atoms with Gasteiger partial charge in [0.2, 0.25) is 0 Å². The molecule has 0 radical (unpaired) electrons. The number of hydrogen-bond donors (Lipinski definition) is 0. The van der Waals surface area contributed by atoms with Crippen LogP contribution in [0.2, 0.25) is 5.04 Å². The lowest BCUT2D eigenvalue weighted by Crippen LogP contribution is -2.65. The van der Waals surface area contributed by atoms with Crippen LogP contribution in [0.4, 0.5) is 0 Å². The van der Waals surface area contributed by atoms with E-state index >= 15 is 0 Å². The summed E-state index contributed by atoms with van der Waals surface area (Å²) >= 11 is 0. The van der Waals surface area contributed by atoms with E-state index in [1.54, 1.807) is 0 Å². The van der Waals surface area contributed by atoms with Crippen LogP contribution in [-0.2, 0) is 23.4 Å². The maximum Gasteiger partial charge on any atom is 0.319 e. The Morgan fingerprint density at radius 2 is 1.57 bits per heavy atom. The quantitative estimate of drug-likeness (QED) is 0.142. The van der Waals surface area contributed by atoms with Gasteiger partial charge in [0.1, 0.15) is 0 Å². The predicted molar refractivity (Wildman–Crippen MR) is 177 cm³/mol. The molecule has 4 atom stereocenters. The summed E-state index contributed by atoms with van der Waals surface area (Å²) in [4.78, 5) is 14.3. The second-order valence-electron chi connectivity index (χ2n) is 14.8. The Kier molecular flexibility index (Phi) is 8.03. The molecule has 0 unspecified atom stereocenters. The first kappa shape index (κ1) is 31.3. The van der Waals surface area contributed by atoms with E-state index in [2.05, 4.69) is 107 Å². The molecule has 1 spiro atoms. The lowest BCUT2D eigenvalue weighted by atomic mass is 9.47. The smallest absolute Gasteiger partial charge is 0.319 e. The maximum absolute atomic E-state index is 14.3. The van der Waals surface area contributed by atoms with Gasteiger partial charge in [0.05, 0.1) is 31.5 Å². The number of allylic oxidation sites excluding steroid dienone is 2. The molecule has 44 heavy (non-hydrogen) atoms. The minimum atomic E-state index is -2.75. The molecule has 6 rings (SSSR count). The SMILES string of the molecule is CCOC(=O)[C@@]12CCC[C@@](C)(/C=C/O[Si](c3ccccc3)(c3ccccc3)C(C)(C)C)C1=CC[C@@]1(C)[C@H]2CCC12OCCO2. The molecule has 0 N–H and O–H groups in total. The highest BCUT2D eigenvalue weighted by atomic mass is 28.4. The molecular formula is C38H50O5Si. The number of hydrogen-bond acceptors (Lipinski definition) is 5. The Hall–Kier alpha value is -2.67. The van der Waals surface area contributed by atoms with E-state index in [9.17, 15) is 4.79 Å². The second-order valence-corrected chi connectivity index (χ2v) is 19.1. The molecular weight excluding hydrogens is 564 g/mol. The minimum Gasteiger partial charge on any atom is -0.540 e. The molecule has 1 aliphatic heterocycles. The molecule has 4 aliphatic rings. The van der Waals surface area contributed by atoms with Crippen LogP contribution < -0.4 is 10.4 Å². The van der Waals surface area contributed by atoms with Crippen molar-refractivity contribution in [3.63, 3.8) is 0 Å². The van der Waals surface area contributed by atoms with E-state index in [1.807, 2.05) is 13.2 Å². The molecule has 2 aromatic rings. The molecule has 3 fully saturated rings. The van der Waals surface area contributed by atoms with Crippen molar-refractivity contribution >= 4 is 24.7 Å². The average molecular weight is 615 g/mol. The Morgan fingerprint density at radius 3 is 2.14 bits per heavy atom. The maximum atomic E-state index is 14.3. The topological polar surface area (TPSA) is 54.0 Å². The van der Waals surface area contributed by atoms with Crippen LogP contribution in [0, 0.1) is 22.2 Å². The minimum absolute atomic E-state index is 0.0792. The largest absolute Gasteiger partial charge is 0.540 e. The Balaban J connectivity index is 1.43. The highest BCUT2D eigenvalue weighted by Gasteiger charge is 2.71. The first-order valence-electron chi connectivity index (χ1n) is 16.6. The van der Waals surface area contributed by atoms with Crippen molar-refractivity contribution in [1.82, 2.24) is 0 Å². The third kappa shape index (κ3) is 4.50. The summed E-state index contributed by atoms with van der Waals surface area (Å²) in [7, 11) is -2.75. The van der Waals surface area contributed by atoms with Gasteiger partial charge in [-0.3, -0.25) is 4.79 Å². The number of carbonyl (C=O) groups is 1. The van der Waals surface area contributed by atoms with Crippen molar-refractivity contribution < 1.29 is 23.4 Å². The monoisotopic (exact) mass is 614 g/mol. The van der Waals surface area contributed by atoms with Gasteiger partial charge in [-0.1, -0.05) is 108 Å². The fraction of sp³-hybridized carbons (Fsp3) is 0.553. The zero-order chi connectivity index (χ0) is 31.3. The van der Waals surface area contributed by atoms with Gasteiger partial charge < -0.3 is 18.6 Å². The second kappa shape index (κ2) is 11.3. The summed E-state index contributed by atoms with van der Waals surface area (Å²) in [5.74, 6) is -0.600. The van der Waals surface area contributed by atoms with Crippen LogP contribution >= 0.6 is 0 Å². The van der Waals surface area contributed by atoms with Gasteiger partial charge in [0.25, 0.3) is 0 Å².